The summed E-state index contributed by atoms with van der Waals surface area (Å²) in [5, 5.41) is 0. The fraction of sp³-hybridized carbons (Fsp3) is 0.829. The topological polar surface area (TPSA) is 55.4 Å². The van der Waals surface area contributed by atoms with Crippen LogP contribution in [0, 0.1) is 29.6 Å². The molecule has 1 saturated heterocycles. The van der Waals surface area contributed by atoms with Gasteiger partial charge in [-0.05, 0) is 68.6 Å². The smallest absolute Gasteiger partial charge is 0.175 e. The fourth-order valence-electron chi connectivity index (χ4n) is 9.36. The first kappa shape index (κ1) is 29.7. The van der Waals surface area contributed by atoms with E-state index in [0.717, 1.165) is 57.1 Å². The molecule has 9 rings (SSSR count). The normalized spacial score (nSPS) is 43.2. The van der Waals surface area contributed by atoms with E-state index >= 15 is 0 Å². The van der Waals surface area contributed by atoms with E-state index in [1.54, 1.807) is 7.11 Å². The molecule has 41 heavy (non-hydrogen) atoms. The minimum Gasteiger partial charge on any atom is -0.489 e. The van der Waals surface area contributed by atoms with Gasteiger partial charge in [-0.1, -0.05) is 40.2 Å². The molecule has 0 amide bonds. The monoisotopic (exact) mass is 570 g/mol. The molecular formula is C35H54O6. The average molecular weight is 571 g/mol. The largest absolute Gasteiger partial charge is 0.489 e. The van der Waals surface area contributed by atoms with Crippen molar-refractivity contribution in [2.45, 2.75) is 123 Å². The Hall–Kier alpha value is -1.34. The SMILES string of the molecule is CCC1=C2CC(C)C(COCC3CC4(COC)OC(CC)=C3CC4COC34CC(C)=C(CC3C)C(C)O4)(CC2C)O1. The number of rotatable bonds is 11. The Morgan fingerprint density at radius 3 is 2.22 bits per heavy atom. The van der Waals surface area contributed by atoms with E-state index in [4.69, 9.17) is 28.4 Å². The molecule has 6 heterocycles. The minimum absolute atomic E-state index is 0.140. The standard InChI is InChI=1S/C35H54O6/c1-9-31-29-11-23(5)33(40-31,14-21(29)3)20-37-17-26-16-34(19-36-8)27(13-30(26)32(10-2)41-34)18-38-35-15-22(4)28(12-24(35)6)25(7)39-35/h21,23-27H,9-20H2,1-8H3. The van der Waals surface area contributed by atoms with Crippen LogP contribution < -0.4 is 0 Å². The van der Waals surface area contributed by atoms with Gasteiger partial charge in [-0.2, -0.15) is 0 Å². The third kappa shape index (κ3) is 4.84. The summed E-state index contributed by atoms with van der Waals surface area (Å²) in [4.78, 5) is 0. The molecule has 0 spiro atoms. The zero-order valence-corrected chi connectivity index (χ0v) is 26.9. The van der Waals surface area contributed by atoms with E-state index in [0.29, 0.717) is 50.1 Å². The first-order valence-electron chi connectivity index (χ1n) is 16.5. The van der Waals surface area contributed by atoms with Gasteiger partial charge in [0, 0.05) is 50.0 Å². The van der Waals surface area contributed by atoms with Crippen molar-refractivity contribution < 1.29 is 28.4 Å². The van der Waals surface area contributed by atoms with Gasteiger partial charge >= 0.3 is 0 Å². The maximum absolute atomic E-state index is 6.85. The molecule has 9 unspecified atom stereocenters. The van der Waals surface area contributed by atoms with Crippen molar-refractivity contribution in [1.29, 1.82) is 0 Å². The second-order valence-electron chi connectivity index (χ2n) is 14.4. The molecule has 6 nitrogen and oxygen atoms in total. The quantitative estimate of drug-likeness (QED) is 0.240. The minimum atomic E-state index is -0.528. The van der Waals surface area contributed by atoms with E-state index in [9.17, 15) is 0 Å². The van der Waals surface area contributed by atoms with E-state index in [1.807, 2.05) is 0 Å². The summed E-state index contributed by atoms with van der Waals surface area (Å²) in [7, 11) is 1.79. The lowest BCUT2D eigenvalue weighted by molar-refractivity contribution is -0.308. The molecule has 3 aliphatic carbocycles. The van der Waals surface area contributed by atoms with Gasteiger partial charge in [-0.3, -0.25) is 0 Å². The Kier molecular flexibility index (Phi) is 7.96. The van der Waals surface area contributed by atoms with Crippen molar-refractivity contribution in [3.05, 3.63) is 33.8 Å². The maximum Gasteiger partial charge on any atom is 0.175 e. The van der Waals surface area contributed by atoms with Crippen LogP contribution in [0.3, 0.4) is 0 Å². The molecule has 9 atom stereocenters. The second-order valence-corrected chi connectivity index (χ2v) is 14.4. The summed E-state index contributed by atoms with van der Waals surface area (Å²) in [6, 6.07) is 0. The van der Waals surface area contributed by atoms with Gasteiger partial charge < -0.3 is 28.4 Å². The van der Waals surface area contributed by atoms with Gasteiger partial charge in [0.1, 0.15) is 11.2 Å². The Morgan fingerprint density at radius 2 is 1.51 bits per heavy atom. The molecule has 9 aliphatic rings. The van der Waals surface area contributed by atoms with Crippen molar-refractivity contribution in [1.82, 2.24) is 0 Å². The van der Waals surface area contributed by atoms with Gasteiger partial charge in [-0.25, -0.2) is 0 Å². The maximum atomic E-state index is 6.85. The van der Waals surface area contributed by atoms with Crippen LogP contribution in [0.15, 0.2) is 33.8 Å². The predicted octanol–water partition coefficient (Wildman–Crippen LogP) is 7.49. The molecule has 6 bridgehead atoms. The first-order chi connectivity index (χ1) is 19.6. The Labute approximate surface area is 248 Å². The third-order valence-electron chi connectivity index (χ3n) is 11.8. The number of ether oxygens (including phenoxy) is 6. The van der Waals surface area contributed by atoms with Crippen LogP contribution >= 0.6 is 0 Å². The lowest BCUT2D eigenvalue weighted by Gasteiger charge is -2.55. The summed E-state index contributed by atoms with van der Waals surface area (Å²) in [6.07, 6.45) is 8.04. The highest BCUT2D eigenvalue weighted by Gasteiger charge is 2.56. The van der Waals surface area contributed by atoms with Crippen molar-refractivity contribution in [3.63, 3.8) is 0 Å². The summed E-state index contributed by atoms with van der Waals surface area (Å²) in [5.74, 6) is 3.83. The van der Waals surface area contributed by atoms with Crippen LogP contribution in [0.2, 0.25) is 0 Å². The summed E-state index contributed by atoms with van der Waals surface area (Å²) < 4.78 is 39.4. The molecule has 0 aromatic rings. The summed E-state index contributed by atoms with van der Waals surface area (Å²) >= 11 is 0. The van der Waals surface area contributed by atoms with Gasteiger partial charge in [0.05, 0.1) is 44.0 Å². The zero-order chi connectivity index (χ0) is 29.2. The Morgan fingerprint density at radius 1 is 0.805 bits per heavy atom. The van der Waals surface area contributed by atoms with Crippen LogP contribution in [0.25, 0.3) is 0 Å². The molecule has 0 radical (unpaired) electrons. The number of hydrogen-bond donors (Lipinski definition) is 0. The number of methoxy groups -OCH3 is 1. The van der Waals surface area contributed by atoms with E-state index in [1.165, 1.54) is 28.1 Å². The lowest BCUT2D eigenvalue weighted by Crippen LogP contribution is -2.58. The van der Waals surface area contributed by atoms with E-state index < -0.39 is 11.4 Å². The molecule has 6 aliphatic heterocycles. The van der Waals surface area contributed by atoms with Gasteiger partial charge in [0.15, 0.2) is 5.79 Å². The van der Waals surface area contributed by atoms with Crippen molar-refractivity contribution in [2.24, 2.45) is 29.6 Å². The highest BCUT2D eigenvalue weighted by atomic mass is 16.7. The van der Waals surface area contributed by atoms with Crippen molar-refractivity contribution in [3.8, 4) is 0 Å². The molecule has 230 valence electrons. The van der Waals surface area contributed by atoms with Crippen molar-refractivity contribution >= 4 is 0 Å². The third-order valence-corrected chi connectivity index (χ3v) is 11.8. The average Bonchev–Trinajstić information content (AvgIpc) is 2.94. The van der Waals surface area contributed by atoms with Crippen LogP contribution in [-0.2, 0) is 28.4 Å². The molecule has 6 heteroatoms. The molecule has 3 fully saturated rings. The first-order valence-corrected chi connectivity index (χ1v) is 16.5. The number of hydrogen-bond acceptors (Lipinski definition) is 6. The Bertz CT molecular complexity index is 1120. The predicted molar refractivity (Wildman–Crippen MR) is 159 cm³/mol. The van der Waals surface area contributed by atoms with Crippen molar-refractivity contribution in [2.75, 3.05) is 33.5 Å². The lowest BCUT2D eigenvalue weighted by atomic mass is 9.65. The van der Waals surface area contributed by atoms with Crippen LogP contribution in [0.5, 0.6) is 0 Å². The highest BCUT2D eigenvalue weighted by Crippen LogP contribution is 2.54. The highest BCUT2D eigenvalue weighted by molar-refractivity contribution is 5.28. The van der Waals surface area contributed by atoms with Gasteiger partial charge in [-0.15, -0.1) is 0 Å². The van der Waals surface area contributed by atoms with Gasteiger partial charge in [0.25, 0.3) is 0 Å². The van der Waals surface area contributed by atoms with Crippen LogP contribution in [-0.4, -0.2) is 56.6 Å². The molecule has 0 aromatic heterocycles. The van der Waals surface area contributed by atoms with E-state index in [-0.39, 0.29) is 17.6 Å². The summed E-state index contributed by atoms with van der Waals surface area (Å²) in [6.45, 7) is 18.4. The number of allylic oxidation sites excluding steroid dienone is 3. The zero-order valence-electron chi connectivity index (χ0n) is 26.9. The Balaban J connectivity index is 1.15. The second kappa shape index (κ2) is 11.0. The molecule has 0 N–H and O–H groups in total. The molecule has 0 aromatic carbocycles. The van der Waals surface area contributed by atoms with Crippen LogP contribution in [0.1, 0.15) is 99.8 Å². The fourth-order valence-corrected chi connectivity index (χ4v) is 9.36. The summed E-state index contributed by atoms with van der Waals surface area (Å²) in [5.41, 5.74) is 5.28. The van der Waals surface area contributed by atoms with Crippen LogP contribution in [0.4, 0.5) is 0 Å². The molecule has 2 saturated carbocycles. The van der Waals surface area contributed by atoms with Gasteiger partial charge in [0.2, 0.25) is 0 Å². The van der Waals surface area contributed by atoms with E-state index in [2.05, 4.69) is 48.5 Å². The number of fused-ring (bicyclic) bond motifs is 9. The molecular weight excluding hydrogens is 516 g/mol.